The number of benzene rings is 2. The number of aliphatic imine (C=N–C) groups is 1. The van der Waals surface area contributed by atoms with Crippen molar-refractivity contribution in [1.82, 2.24) is 10.6 Å². The molecule has 0 heterocycles. The van der Waals surface area contributed by atoms with E-state index in [1.807, 2.05) is 36.4 Å². The van der Waals surface area contributed by atoms with Gasteiger partial charge in [0.2, 0.25) is 0 Å². The molecule has 142 valence electrons. The van der Waals surface area contributed by atoms with E-state index in [9.17, 15) is 4.39 Å². The summed E-state index contributed by atoms with van der Waals surface area (Å²) in [5.74, 6) is 1.33. The second-order valence-electron chi connectivity index (χ2n) is 6.52. The highest BCUT2D eigenvalue weighted by molar-refractivity contribution is 14.0. The summed E-state index contributed by atoms with van der Waals surface area (Å²) >= 11 is 0. The van der Waals surface area contributed by atoms with Crippen molar-refractivity contribution in [3.63, 3.8) is 0 Å². The van der Waals surface area contributed by atoms with Crippen molar-refractivity contribution in [3.8, 4) is 5.75 Å². The van der Waals surface area contributed by atoms with Gasteiger partial charge in [0.05, 0.1) is 7.11 Å². The highest BCUT2D eigenvalue weighted by atomic mass is 127. The first-order chi connectivity index (χ1) is 11.9. The molecule has 2 rings (SSSR count). The summed E-state index contributed by atoms with van der Waals surface area (Å²) < 4.78 is 18.3. The Kier molecular flexibility index (Phi) is 8.84. The lowest BCUT2D eigenvalue weighted by atomic mass is 9.84. The molecular weight excluding hydrogens is 444 g/mol. The Hall–Kier alpha value is -1.83. The van der Waals surface area contributed by atoms with Gasteiger partial charge in [0, 0.05) is 25.6 Å². The molecule has 0 aliphatic heterocycles. The van der Waals surface area contributed by atoms with Crippen LogP contribution < -0.4 is 15.4 Å². The molecule has 2 aromatic carbocycles. The number of hydrogen-bond acceptors (Lipinski definition) is 2. The molecule has 0 saturated carbocycles. The van der Waals surface area contributed by atoms with Crippen molar-refractivity contribution in [3.05, 3.63) is 65.5 Å². The van der Waals surface area contributed by atoms with E-state index in [1.165, 1.54) is 12.1 Å². The molecule has 0 radical (unpaired) electrons. The molecule has 0 amide bonds. The van der Waals surface area contributed by atoms with Gasteiger partial charge in [-0.3, -0.25) is 4.99 Å². The molecular formula is C20H27FIN3O. The van der Waals surface area contributed by atoms with Gasteiger partial charge in [-0.25, -0.2) is 4.39 Å². The molecule has 6 heteroatoms. The average molecular weight is 471 g/mol. The van der Waals surface area contributed by atoms with Crippen molar-refractivity contribution >= 4 is 29.9 Å². The normalized spacial score (nSPS) is 11.5. The maximum Gasteiger partial charge on any atom is 0.191 e. The standard InChI is InChI=1S/C20H26FN3O.HI/c1-20(2,16-8-10-17(21)11-9-16)14-24-19(22-3)23-13-15-6-5-7-18(12-15)25-4;/h5-12H,13-14H2,1-4H3,(H2,22,23,24);1H. The second kappa shape index (κ2) is 10.4. The molecule has 0 aliphatic rings. The number of nitrogens with one attached hydrogen (secondary N) is 2. The second-order valence-corrected chi connectivity index (χ2v) is 6.52. The van der Waals surface area contributed by atoms with Crippen LogP contribution in [0.15, 0.2) is 53.5 Å². The summed E-state index contributed by atoms with van der Waals surface area (Å²) in [6.07, 6.45) is 0. The quantitative estimate of drug-likeness (QED) is 0.379. The van der Waals surface area contributed by atoms with Crippen LogP contribution in [0.4, 0.5) is 4.39 Å². The SMILES string of the molecule is CN=C(NCc1cccc(OC)c1)NCC(C)(C)c1ccc(F)cc1.I. The third kappa shape index (κ3) is 6.48. The summed E-state index contributed by atoms with van der Waals surface area (Å²) in [6, 6.07) is 14.5. The molecule has 2 N–H and O–H groups in total. The molecule has 0 saturated heterocycles. The van der Waals surface area contributed by atoms with Gasteiger partial charge in [0.25, 0.3) is 0 Å². The van der Waals surface area contributed by atoms with Crippen molar-refractivity contribution in [2.45, 2.75) is 25.8 Å². The predicted octanol–water partition coefficient (Wildman–Crippen LogP) is 4.10. The van der Waals surface area contributed by atoms with E-state index in [4.69, 9.17) is 4.74 Å². The molecule has 0 fully saturated rings. The lowest BCUT2D eigenvalue weighted by molar-refractivity contribution is 0.414. The summed E-state index contributed by atoms with van der Waals surface area (Å²) in [7, 11) is 3.40. The zero-order valence-corrected chi connectivity index (χ0v) is 18.0. The Bertz CT molecular complexity index is 717. The number of guanidine groups is 1. The highest BCUT2D eigenvalue weighted by Crippen LogP contribution is 2.22. The number of hydrogen-bond donors (Lipinski definition) is 2. The van der Waals surface area contributed by atoms with Crippen LogP contribution in [0, 0.1) is 5.82 Å². The van der Waals surface area contributed by atoms with Gasteiger partial charge in [0.1, 0.15) is 11.6 Å². The van der Waals surface area contributed by atoms with Crippen LogP contribution in [0.25, 0.3) is 0 Å². The van der Waals surface area contributed by atoms with E-state index in [0.29, 0.717) is 13.1 Å². The van der Waals surface area contributed by atoms with Gasteiger partial charge in [-0.05, 0) is 35.4 Å². The van der Waals surface area contributed by atoms with Gasteiger partial charge in [-0.2, -0.15) is 0 Å². The van der Waals surface area contributed by atoms with E-state index in [1.54, 1.807) is 14.2 Å². The van der Waals surface area contributed by atoms with E-state index < -0.39 is 0 Å². The van der Waals surface area contributed by atoms with Crippen molar-refractivity contribution in [2.24, 2.45) is 4.99 Å². The minimum atomic E-state index is -0.219. The van der Waals surface area contributed by atoms with Gasteiger partial charge in [-0.1, -0.05) is 38.1 Å². The molecule has 0 aromatic heterocycles. The number of halogens is 2. The Labute approximate surface area is 172 Å². The Morgan fingerprint density at radius 2 is 1.81 bits per heavy atom. The van der Waals surface area contributed by atoms with Crippen LogP contribution >= 0.6 is 24.0 Å². The number of methoxy groups -OCH3 is 1. The van der Waals surface area contributed by atoms with E-state index in [-0.39, 0.29) is 35.2 Å². The van der Waals surface area contributed by atoms with Crippen LogP contribution in [0.5, 0.6) is 5.75 Å². The maximum atomic E-state index is 13.1. The Morgan fingerprint density at radius 3 is 2.42 bits per heavy atom. The topological polar surface area (TPSA) is 45.7 Å². The first-order valence-corrected chi connectivity index (χ1v) is 8.28. The summed E-state index contributed by atoms with van der Waals surface area (Å²) in [5.41, 5.74) is 2.03. The summed E-state index contributed by atoms with van der Waals surface area (Å²) in [5, 5.41) is 6.63. The van der Waals surface area contributed by atoms with Gasteiger partial charge < -0.3 is 15.4 Å². The first-order valence-electron chi connectivity index (χ1n) is 8.28. The average Bonchev–Trinajstić information content (AvgIpc) is 2.62. The third-order valence-electron chi connectivity index (χ3n) is 4.14. The van der Waals surface area contributed by atoms with Crippen LogP contribution in [0.2, 0.25) is 0 Å². The van der Waals surface area contributed by atoms with Gasteiger partial charge >= 0.3 is 0 Å². The van der Waals surface area contributed by atoms with E-state index in [2.05, 4.69) is 29.5 Å². The van der Waals surface area contributed by atoms with Crippen LogP contribution in [-0.2, 0) is 12.0 Å². The smallest absolute Gasteiger partial charge is 0.191 e. The fourth-order valence-corrected chi connectivity index (χ4v) is 2.50. The zero-order valence-electron chi connectivity index (χ0n) is 15.7. The summed E-state index contributed by atoms with van der Waals surface area (Å²) in [4.78, 5) is 4.26. The molecule has 0 spiro atoms. The summed E-state index contributed by atoms with van der Waals surface area (Å²) in [6.45, 7) is 5.55. The molecule has 0 unspecified atom stereocenters. The lowest BCUT2D eigenvalue weighted by Crippen LogP contribution is -2.43. The third-order valence-corrected chi connectivity index (χ3v) is 4.14. The maximum absolute atomic E-state index is 13.1. The van der Waals surface area contributed by atoms with Gasteiger partial charge in [0.15, 0.2) is 5.96 Å². The zero-order chi connectivity index (χ0) is 18.3. The Morgan fingerprint density at radius 1 is 1.12 bits per heavy atom. The number of ether oxygens (including phenoxy) is 1. The van der Waals surface area contributed by atoms with Crippen LogP contribution in [0.3, 0.4) is 0 Å². The van der Waals surface area contributed by atoms with E-state index >= 15 is 0 Å². The lowest BCUT2D eigenvalue weighted by Gasteiger charge is -2.26. The van der Waals surface area contributed by atoms with Crippen molar-refractivity contribution in [2.75, 3.05) is 20.7 Å². The fourth-order valence-electron chi connectivity index (χ4n) is 2.50. The number of nitrogens with zero attached hydrogens (tertiary/aromatic N) is 1. The first kappa shape index (κ1) is 22.2. The molecule has 0 atom stereocenters. The molecule has 2 aromatic rings. The molecule has 26 heavy (non-hydrogen) atoms. The van der Waals surface area contributed by atoms with Gasteiger partial charge in [-0.15, -0.1) is 24.0 Å². The minimum Gasteiger partial charge on any atom is -0.497 e. The minimum absolute atomic E-state index is 0. The monoisotopic (exact) mass is 471 g/mol. The Balaban J connectivity index is 0.00000338. The van der Waals surface area contributed by atoms with Crippen LogP contribution in [0.1, 0.15) is 25.0 Å². The van der Waals surface area contributed by atoms with Crippen molar-refractivity contribution < 1.29 is 9.13 Å². The molecule has 0 bridgehead atoms. The van der Waals surface area contributed by atoms with Crippen LogP contribution in [-0.4, -0.2) is 26.7 Å². The predicted molar refractivity (Wildman–Crippen MR) is 116 cm³/mol. The largest absolute Gasteiger partial charge is 0.497 e. The highest BCUT2D eigenvalue weighted by Gasteiger charge is 2.20. The van der Waals surface area contributed by atoms with E-state index in [0.717, 1.165) is 22.8 Å². The fraction of sp³-hybridized carbons (Fsp3) is 0.350. The molecule has 4 nitrogen and oxygen atoms in total. The number of rotatable bonds is 6. The molecule has 0 aliphatic carbocycles. The van der Waals surface area contributed by atoms with Crippen molar-refractivity contribution in [1.29, 1.82) is 0 Å².